The van der Waals surface area contributed by atoms with Crippen LogP contribution in [0.4, 0.5) is 0 Å². The topological polar surface area (TPSA) is 92.2 Å². The number of carbonyl (C=O) groups excluding carboxylic acids is 1. The summed E-state index contributed by atoms with van der Waals surface area (Å²) >= 11 is 4.75. The average molecular weight is 502 g/mol. The van der Waals surface area contributed by atoms with Crippen molar-refractivity contribution in [2.45, 2.75) is 32.6 Å². The standard InChI is InChI=1S/C23H24BrN3O3S/c1-23(2,3)19-9-8-18(31-19)21(28)27-11-16(22(29)30)10-14-4-6-15(7-5-14)20-25-12-17(24)13-26-20/h4-9,12-13,16H,10-11H2,1-3H3,(H,27,28)(H,29,30)/t16-/m1/s1. The van der Waals surface area contributed by atoms with Gasteiger partial charge in [0, 0.05) is 29.4 Å². The van der Waals surface area contributed by atoms with Crippen molar-refractivity contribution in [3.8, 4) is 11.4 Å². The summed E-state index contributed by atoms with van der Waals surface area (Å²) in [4.78, 5) is 34.4. The van der Waals surface area contributed by atoms with Crippen LogP contribution in [0.5, 0.6) is 0 Å². The molecule has 2 aromatic heterocycles. The maximum atomic E-state index is 12.5. The van der Waals surface area contributed by atoms with E-state index in [0.717, 1.165) is 20.5 Å². The SMILES string of the molecule is CC(C)(C)c1ccc(C(=O)NC[C@@H](Cc2ccc(-c3ncc(Br)cn3)cc2)C(=O)O)s1. The van der Waals surface area contributed by atoms with E-state index in [9.17, 15) is 14.7 Å². The number of carboxylic acids is 1. The predicted molar refractivity (Wildman–Crippen MR) is 125 cm³/mol. The smallest absolute Gasteiger partial charge is 0.308 e. The van der Waals surface area contributed by atoms with Crippen LogP contribution >= 0.6 is 27.3 Å². The average Bonchev–Trinajstić information content (AvgIpc) is 3.23. The zero-order chi connectivity index (χ0) is 22.6. The number of nitrogens with one attached hydrogen (secondary N) is 1. The number of nitrogens with zero attached hydrogens (tertiary/aromatic N) is 2. The Labute approximate surface area is 193 Å². The molecule has 8 heteroatoms. The largest absolute Gasteiger partial charge is 0.481 e. The van der Waals surface area contributed by atoms with Crippen LogP contribution in [-0.2, 0) is 16.6 Å². The highest BCUT2D eigenvalue weighted by Gasteiger charge is 2.22. The monoisotopic (exact) mass is 501 g/mol. The Hall–Kier alpha value is -2.58. The van der Waals surface area contributed by atoms with Crippen molar-refractivity contribution in [1.29, 1.82) is 0 Å². The number of aliphatic carboxylic acids is 1. The second-order valence-corrected chi connectivity index (χ2v) is 10.3. The molecule has 6 nitrogen and oxygen atoms in total. The van der Waals surface area contributed by atoms with E-state index < -0.39 is 11.9 Å². The summed E-state index contributed by atoms with van der Waals surface area (Å²) in [6, 6.07) is 11.2. The highest BCUT2D eigenvalue weighted by Crippen LogP contribution is 2.29. The van der Waals surface area contributed by atoms with Crippen LogP contribution in [0.1, 0.15) is 40.9 Å². The first-order valence-corrected chi connectivity index (χ1v) is 11.4. The van der Waals surface area contributed by atoms with Crippen LogP contribution in [0, 0.1) is 5.92 Å². The molecule has 0 aliphatic heterocycles. The number of halogens is 1. The first-order valence-electron chi connectivity index (χ1n) is 9.81. The third-order valence-corrected chi connectivity index (χ3v) is 6.66. The lowest BCUT2D eigenvalue weighted by atomic mass is 9.95. The fraction of sp³-hybridized carbons (Fsp3) is 0.304. The number of carboxylic acid groups (broad SMARTS) is 1. The number of hydrogen-bond donors (Lipinski definition) is 2. The molecule has 0 fully saturated rings. The Kier molecular flexibility index (Phi) is 7.23. The molecule has 1 aromatic carbocycles. The van der Waals surface area contributed by atoms with Crippen molar-refractivity contribution in [2.75, 3.05) is 6.54 Å². The van der Waals surface area contributed by atoms with E-state index in [-0.39, 0.29) is 17.9 Å². The molecule has 0 saturated heterocycles. The Morgan fingerprint density at radius 3 is 2.29 bits per heavy atom. The van der Waals surface area contributed by atoms with Gasteiger partial charge in [0.2, 0.25) is 0 Å². The van der Waals surface area contributed by atoms with Crippen molar-refractivity contribution in [1.82, 2.24) is 15.3 Å². The summed E-state index contributed by atoms with van der Waals surface area (Å²) in [6.07, 6.45) is 3.67. The normalized spacial score (nSPS) is 12.4. The van der Waals surface area contributed by atoms with Gasteiger partial charge in [-0.15, -0.1) is 11.3 Å². The Morgan fingerprint density at radius 2 is 1.74 bits per heavy atom. The molecule has 0 bridgehead atoms. The molecule has 2 N–H and O–H groups in total. The highest BCUT2D eigenvalue weighted by molar-refractivity contribution is 9.10. The van der Waals surface area contributed by atoms with Gasteiger partial charge in [-0.25, -0.2) is 9.97 Å². The minimum Gasteiger partial charge on any atom is -0.481 e. The van der Waals surface area contributed by atoms with E-state index in [1.807, 2.05) is 30.3 Å². The van der Waals surface area contributed by atoms with E-state index >= 15 is 0 Å². The third kappa shape index (κ3) is 6.21. The predicted octanol–water partition coefficient (Wildman–Crippen LogP) is 4.94. The summed E-state index contributed by atoms with van der Waals surface area (Å²) in [6.45, 7) is 6.34. The third-order valence-electron chi connectivity index (χ3n) is 4.74. The molecule has 3 rings (SSSR count). The molecule has 1 atom stereocenters. The first kappa shape index (κ1) is 23.1. The lowest BCUT2D eigenvalue weighted by molar-refractivity contribution is -0.141. The van der Waals surface area contributed by atoms with Gasteiger partial charge in [-0.2, -0.15) is 0 Å². The molecule has 1 amide bonds. The molecule has 0 spiro atoms. The molecular weight excluding hydrogens is 478 g/mol. The lowest BCUT2D eigenvalue weighted by Crippen LogP contribution is -2.33. The van der Waals surface area contributed by atoms with Crippen molar-refractivity contribution < 1.29 is 14.7 Å². The number of hydrogen-bond acceptors (Lipinski definition) is 5. The fourth-order valence-corrected chi connectivity index (χ4v) is 4.13. The molecule has 0 radical (unpaired) electrons. The fourth-order valence-electron chi connectivity index (χ4n) is 2.95. The van der Waals surface area contributed by atoms with Crippen LogP contribution in [0.2, 0.25) is 0 Å². The molecule has 0 saturated carbocycles. The van der Waals surface area contributed by atoms with Gasteiger partial charge in [0.05, 0.1) is 15.3 Å². The van der Waals surface area contributed by atoms with Gasteiger partial charge in [-0.1, -0.05) is 45.0 Å². The number of aromatic nitrogens is 2. The molecule has 162 valence electrons. The molecule has 2 heterocycles. The number of benzene rings is 1. The summed E-state index contributed by atoms with van der Waals surface area (Å²) in [5.74, 6) is -1.31. The quantitative estimate of drug-likeness (QED) is 0.478. The van der Waals surface area contributed by atoms with E-state index in [1.165, 1.54) is 11.3 Å². The molecule has 31 heavy (non-hydrogen) atoms. The zero-order valence-corrected chi connectivity index (χ0v) is 20.0. The number of carbonyl (C=O) groups is 2. The van der Waals surface area contributed by atoms with Crippen LogP contribution in [0.3, 0.4) is 0 Å². The van der Waals surface area contributed by atoms with Gasteiger partial charge >= 0.3 is 5.97 Å². The van der Waals surface area contributed by atoms with Gasteiger partial charge in [-0.05, 0) is 45.5 Å². The van der Waals surface area contributed by atoms with Crippen molar-refractivity contribution in [3.05, 3.63) is 68.6 Å². The second kappa shape index (κ2) is 9.70. The van der Waals surface area contributed by atoms with Crippen LogP contribution in [-0.4, -0.2) is 33.5 Å². The van der Waals surface area contributed by atoms with Gasteiger partial charge in [0.1, 0.15) is 0 Å². The summed E-state index contributed by atoms with van der Waals surface area (Å²) < 4.78 is 0.802. The number of amides is 1. The van der Waals surface area contributed by atoms with Crippen LogP contribution in [0.15, 0.2) is 53.3 Å². The van der Waals surface area contributed by atoms with Gasteiger partial charge in [-0.3, -0.25) is 9.59 Å². The number of rotatable bonds is 7. The summed E-state index contributed by atoms with van der Waals surface area (Å²) in [5.41, 5.74) is 1.69. The van der Waals surface area contributed by atoms with E-state index in [1.54, 1.807) is 18.5 Å². The molecule has 3 aromatic rings. The maximum absolute atomic E-state index is 12.5. The molecule has 0 aliphatic carbocycles. The summed E-state index contributed by atoms with van der Waals surface area (Å²) in [5, 5.41) is 12.4. The zero-order valence-electron chi connectivity index (χ0n) is 17.6. The van der Waals surface area contributed by atoms with E-state index in [2.05, 4.69) is 52.0 Å². The van der Waals surface area contributed by atoms with E-state index in [4.69, 9.17) is 0 Å². The molecule has 0 aliphatic rings. The minimum absolute atomic E-state index is 0.0275. The molecular formula is C23H24BrN3O3S. The summed E-state index contributed by atoms with van der Waals surface area (Å²) in [7, 11) is 0. The van der Waals surface area contributed by atoms with Crippen molar-refractivity contribution in [2.24, 2.45) is 5.92 Å². The highest BCUT2D eigenvalue weighted by atomic mass is 79.9. The van der Waals surface area contributed by atoms with E-state index in [0.29, 0.717) is 17.1 Å². The minimum atomic E-state index is -0.942. The Morgan fingerprint density at radius 1 is 1.10 bits per heavy atom. The van der Waals surface area contributed by atoms with Crippen LogP contribution < -0.4 is 5.32 Å². The van der Waals surface area contributed by atoms with Gasteiger partial charge in [0.15, 0.2) is 5.82 Å². The Bertz CT molecular complexity index is 1060. The molecule has 0 unspecified atom stereocenters. The van der Waals surface area contributed by atoms with Gasteiger partial charge in [0.25, 0.3) is 5.91 Å². The maximum Gasteiger partial charge on any atom is 0.308 e. The van der Waals surface area contributed by atoms with Crippen molar-refractivity contribution in [3.63, 3.8) is 0 Å². The van der Waals surface area contributed by atoms with Crippen LogP contribution in [0.25, 0.3) is 11.4 Å². The van der Waals surface area contributed by atoms with Crippen molar-refractivity contribution >= 4 is 39.1 Å². The number of thiophene rings is 1. The lowest BCUT2D eigenvalue weighted by Gasteiger charge is -2.15. The second-order valence-electron chi connectivity index (χ2n) is 8.29. The first-order chi connectivity index (χ1) is 14.6. The van der Waals surface area contributed by atoms with Gasteiger partial charge < -0.3 is 10.4 Å². The Balaban J connectivity index is 1.62.